The Hall–Kier alpha value is -6.05. The highest BCUT2D eigenvalue weighted by atomic mass is 16.2. The van der Waals surface area contributed by atoms with E-state index in [1.165, 1.54) is 0 Å². The van der Waals surface area contributed by atoms with Crippen LogP contribution in [0.15, 0.2) is 66.7 Å². The van der Waals surface area contributed by atoms with E-state index >= 15 is 0 Å². The number of carbonyl (C=O) groups excluding carboxylic acids is 3. The number of nitrogens with zero attached hydrogens (tertiary/aromatic N) is 8. The summed E-state index contributed by atoms with van der Waals surface area (Å²) >= 11 is 0. The lowest BCUT2D eigenvalue weighted by atomic mass is 10.2. The van der Waals surface area contributed by atoms with Gasteiger partial charge in [-0.15, -0.1) is 0 Å². The molecule has 240 valence electrons. The first-order valence-electron chi connectivity index (χ1n) is 15.3. The Morgan fingerprint density at radius 1 is 0.723 bits per heavy atom. The summed E-state index contributed by atoms with van der Waals surface area (Å²) in [5.74, 6) is -0.507. The van der Waals surface area contributed by atoms with Gasteiger partial charge in [0.25, 0.3) is 11.8 Å². The van der Waals surface area contributed by atoms with Crippen molar-refractivity contribution in [1.82, 2.24) is 38.7 Å². The Morgan fingerprint density at radius 2 is 1.23 bits per heavy atom. The van der Waals surface area contributed by atoms with Crippen molar-refractivity contribution in [1.29, 1.82) is 0 Å². The van der Waals surface area contributed by atoms with Crippen molar-refractivity contribution in [2.45, 2.75) is 53.9 Å². The highest BCUT2D eigenvalue weighted by Crippen LogP contribution is 2.23. The van der Waals surface area contributed by atoms with Crippen molar-refractivity contribution in [3.63, 3.8) is 0 Å². The second-order valence-corrected chi connectivity index (χ2v) is 11.0. The average Bonchev–Trinajstić information content (AvgIpc) is 3.81. The lowest BCUT2D eigenvalue weighted by Crippen LogP contribution is -2.20. The number of rotatable bonds is 11. The maximum Gasteiger partial charge on any atom is 0.276 e. The molecule has 0 saturated heterocycles. The van der Waals surface area contributed by atoms with Gasteiger partial charge in [0.05, 0.1) is 33.5 Å². The zero-order chi connectivity index (χ0) is 33.2. The van der Waals surface area contributed by atoms with Crippen LogP contribution in [0.2, 0.25) is 0 Å². The molecular weight excluding hydrogens is 598 g/mol. The SMILES string of the molecule is CCn1nc(C)cc1C(=O)Nc1nc2ccccc2n1C/C=C/Cn1c(NC(=O)c2cc(C)nn2CC)nc2cc(C(N)=O)ccc21. The quantitative estimate of drug-likeness (QED) is 0.179. The molecule has 0 saturated carbocycles. The molecule has 0 aliphatic carbocycles. The fourth-order valence-electron chi connectivity index (χ4n) is 5.55. The number of aryl methyl sites for hydroxylation is 4. The first-order valence-corrected chi connectivity index (χ1v) is 15.3. The van der Waals surface area contributed by atoms with Crippen LogP contribution in [-0.4, -0.2) is 56.4 Å². The number of benzene rings is 2. The Kier molecular flexibility index (Phi) is 8.40. The molecule has 0 bridgehead atoms. The van der Waals surface area contributed by atoms with Gasteiger partial charge in [-0.05, 0) is 70.2 Å². The summed E-state index contributed by atoms with van der Waals surface area (Å²) < 4.78 is 7.06. The van der Waals surface area contributed by atoms with E-state index in [0.29, 0.717) is 66.1 Å². The number of fused-ring (bicyclic) bond motifs is 2. The largest absolute Gasteiger partial charge is 0.366 e. The minimum atomic E-state index is -0.570. The molecule has 0 unspecified atom stereocenters. The number of nitrogens with two attached hydrogens (primary N) is 1. The zero-order valence-electron chi connectivity index (χ0n) is 26.6. The van der Waals surface area contributed by atoms with Gasteiger partial charge in [-0.2, -0.15) is 10.2 Å². The third-order valence-electron chi connectivity index (χ3n) is 7.75. The molecule has 0 aliphatic heterocycles. The lowest BCUT2D eigenvalue weighted by Gasteiger charge is -2.10. The van der Waals surface area contributed by atoms with Gasteiger partial charge in [0.15, 0.2) is 0 Å². The number of para-hydroxylation sites is 2. The number of imidazole rings is 2. The fourth-order valence-corrected chi connectivity index (χ4v) is 5.55. The van der Waals surface area contributed by atoms with Crippen LogP contribution in [0.5, 0.6) is 0 Å². The van der Waals surface area contributed by atoms with E-state index in [2.05, 4.69) is 30.8 Å². The molecule has 4 N–H and O–H groups in total. The topological polar surface area (TPSA) is 173 Å². The number of aromatic nitrogens is 8. The van der Waals surface area contributed by atoms with Gasteiger partial charge < -0.3 is 14.9 Å². The summed E-state index contributed by atoms with van der Waals surface area (Å²) in [4.78, 5) is 47.8. The van der Waals surface area contributed by atoms with E-state index in [9.17, 15) is 14.4 Å². The smallest absolute Gasteiger partial charge is 0.276 e. The Morgan fingerprint density at radius 3 is 1.77 bits per heavy atom. The average molecular weight is 634 g/mol. The molecule has 0 aliphatic rings. The predicted molar refractivity (Wildman–Crippen MR) is 178 cm³/mol. The van der Waals surface area contributed by atoms with Crippen LogP contribution in [0, 0.1) is 13.8 Å². The standard InChI is InChI=1S/C33H35N11O3/c1-5-43-27(17-20(3)39-43)30(46)37-32-35-23-11-7-8-12-25(23)41(32)15-9-10-16-42-26-14-13-22(29(34)45)19-24(26)36-33(42)38-31(47)28-18-21(4)40-44(28)6-2/h7-14,17-19H,5-6,15-16H2,1-4H3,(H2,34,45)(H,35,37,46)(H,36,38,47)/b10-9+. The molecule has 4 heterocycles. The molecule has 0 fully saturated rings. The Bertz CT molecular complexity index is 2180. The van der Waals surface area contributed by atoms with Crippen molar-refractivity contribution < 1.29 is 14.4 Å². The summed E-state index contributed by atoms with van der Waals surface area (Å²) in [5.41, 5.74) is 11.0. The number of nitrogens with one attached hydrogen (secondary N) is 2. The highest BCUT2D eigenvalue weighted by molar-refractivity contribution is 6.04. The fraction of sp³-hybridized carbons (Fsp3) is 0.242. The first kappa shape index (κ1) is 31.0. The maximum absolute atomic E-state index is 13.3. The van der Waals surface area contributed by atoms with Gasteiger partial charge in [-0.25, -0.2) is 9.97 Å². The van der Waals surface area contributed by atoms with E-state index < -0.39 is 5.91 Å². The molecule has 6 aromatic rings. The lowest BCUT2D eigenvalue weighted by molar-refractivity contribution is 0.0995. The van der Waals surface area contributed by atoms with Gasteiger partial charge in [-0.1, -0.05) is 24.3 Å². The van der Waals surface area contributed by atoms with Crippen molar-refractivity contribution in [2.24, 2.45) is 5.73 Å². The van der Waals surface area contributed by atoms with Crippen molar-refractivity contribution in [2.75, 3.05) is 10.6 Å². The summed E-state index contributed by atoms with van der Waals surface area (Å²) in [5, 5.41) is 14.6. The summed E-state index contributed by atoms with van der Waals surface area (Å²) in [6.07, 6.45) is 3.89. The first-order chi connectivity index (χ1) is 22.7. The van der Waals surface area contributed by atoms with Crippen LogP contribution < -0.4 is 16.4 Å². The molecule has 14 nitrogen and oxygen atoms in total. The Balaban J connectivity index is 1.28. The molecule has 2 aromatic carbocycles. The van der Waals surface area contributed by atoms with Crippen molar-refractivity contribution in [3.8, 4) is 0 Å². The van der Waals surface area contributed by atoms with Crippen LogP contribution in [-0.2, 0) is 26.2 Å². The molecular formula is C33H35N11O3. The summed E-state index contributed by atoms with van der Waals surface area (Å²) in [6, 6.07) is 16.1. The molecule has 0 atom stereocenters. The molecule has 6 rings (SSSR count). The van der Waals surface area contributed by atoms with Gasteiger partial charge in [-0.3, -0.25) is 34.4 Å². The van der Waals surface area contributed by atoms with Gasteiger partial charge in [0.2, 0.25) is 17.8 Å². The van der Waals surface area contributed by atoms with E-state index in [0.717, 1.165) is 22.4 Å². The predicted octanol–water partition coefficient (Wildman–Crippen LogP) is 4.30. The van der Waals surface area contributed by atoms with Crippen LogP contribution in [0.3, 0.4) is 0 Å². The number of hydrogen-bond donors (Lipinski definition) is 3. The monoisotopic (exact) mass is 633 g/mol. The van der Waals surface area contributed by atoms with Crippen molar-refractivity contribution >= 4 is 51.7 Å². The molecule has 0 radical (unpaired) electrons. The molecule has 4 aromatic heterocycles. The zero-order valence-corrected chi connectivity index (χ0v) is 26.6. The number of primary amides is 1. The number of amides is 3. The minimum Gasteiger partial charge on any atom is -0.366 e. The third-order valence-corrected chi connectivity index (χ3v) is 7.75. The molecule has 14 heteroatoms. The summed E-state index contributed by atoms with van der Waals surface area (Å²) in [7, 11) is 0. The number of allylic oxidation sites excluding steroid dienone is 2. The van der Waals surface area contributed by atoms with E-state index in [4.69, 9.17) is 5.73 Å². The normalized spacial score (nSPS) is 11.6. The maximum atomic E-state index is 13.3. The Labute approximate surface area is 269 Å². The van der Waals surface area contributed by atoms with Crippen LogP contribution in [0.4, 0.5) is 11.9 Å². The number of carbonyl (C=O) groups is 3. The van der Waals surface area contributed by atoms with Gasteiger partial charge in [0, 0.05) is 31.7 Å². The van der Waals surface area contributed by atoms with E-state index in [1.54, 1.807) is 39.7 Å². The molecule has 0 spiro atoms. The second kappa shape index (κ2) is 12.7. The van der Waals surface area contributed by atoms with E-state index in [1.807, 2.05) is 73.2 Å². The van der Waals surface area contributed by atoms with Crippen LogP contribution >= 0.6 is 0 Å². The van der Waals surface area contributed by atoms with Gasteiger partial charge in [0.1, 0.15) is 11.4 Å². The molecule has 3 amide bonds. The van der Waals surface area contributed by atoms with E-state index in [-0.39, 0.29) is 11.8 Å². The summed E-state index contributed by atoms with van der Waals surface area (Å²) in [6.45, 7) is 9.36. The third kappa shape index (κ3) is 6.12. The highest BCUT2D eigenvalue weighted by Gasteiger charge is 2.20. The van der Waals surface area contributed by atoms with Crippen molar-refractivity contribution in [3.05, 3.63) is 95.1 Å². The number of anilines is 2. The minimum absolute atomic E-state index is 0.298. The molecule has 47 heavy (non-hydrogen) atoms. The second-order valence-electron chi connectivity index (χ2n) is 11.0. The number of hydrogen-bond acceptors (Lipinski definition) is 7. The van der Waals surface area contributed by atoms with Gasteiger partial charge >= 0.3 is 0 Å². The van der Waals surface area contributed by atoms with Crippen LogP contribution in [0.1, 0.15) is 56.6 Å². The van der Waals surface area contributed by atoms with Crippen LogP contribution in [0.25, 0.3) is 22.1 Å².